The van der Waals surface area contributed by atoms with Gasteiger partial charge in [0.25, 0.3) is 0 Å². The molecule has 1 fully saturated rings. The third-order valence-corrected chi connectivity index (χ3v) is 3.14. The smallest absolute Gasteiger partial charge is 0.0726 e. The van der Waals surface area contributed by atoms with Gasteiger partial charge in [-0.2, -0.15) is 0 Å². The van der Waals surface area contributed by atoms with E-state index in [9.17, 15) is 0 Å². The monoisotopic (exact) mass is 220 g/mol. The van der Waals surface area contributed by atoms with Gasteiger partial charge in [0, 0.05) is 57.4 Å². The maximum Gasteiger partial charge on any atom is 0.0726 e. The molecule has 1 aromatic rings. The van der Waals surface area contributed by atoms with Crippen LogP contribution in [0.4, 0.5) is 0 Å². The van der Waals surface area contributed by atoms with Crippen molar-refractivity contribution < 1.29 is 0 Å². The first-order valence-electron chi connectivity index (χ1n) is 5.97. The highest BCUT2D eigenvalue weighted by atomic mass is 15.3. The Bertz CT molecular complexity index is 304. The van der Waals surface area contributed by atoms with Gasteiger partial charge in [-0.1, -0.05) is 0 Å². The van der Waals surface area contributed by atoms with Crippen LogP contribution in [0, 0.1) is 0 Å². The van der Waals surface area contributed by atoms with Gasteiger partial charge in [0.05, 0.1) is 5.69 Å². The van der Waals surface area contributed by atoms with Gasteiger partial charge in [-0.15, -0.1) is 0 Å². The van der Waals surface area contributed by atoms with Crippen LogP contribution in [-0.2, 0) is 6.54 Å². The highest BCUT2D eigenvalue weighted by Gasteiger charge is 2.18. The average Bonchev–Trinajstić information content (AvgIpc) is 2.31. The molecule has 2 heterocycles. The third kappa shape index (κ3) is 3.00. The molecule has 0 aliphatic carbocycles. The van der Waals surface area contributed by atoms with Gasteiger partial charge in [-0.05, 0) is 13.8 Å². The molecule has 4 nitrogen and oxygen atoms in total. The summed E-state index contributed by atoms with van der Waals surface area (Å²) in [6.07, 6.45) is 5.34. The van der Waals surface area contributed by atoms with Crippen molar-refractivity contribution in [3.63, 3.8) is 0 Å². The molecule has 1 aliphatic rings. The second kappa shape index (κ2) is 5.37. The summed E-state index contributed by atoms with van der Waals surface area (Å²) in [4.78, 5) is 13.4. The fourth-order valence-corrected chi connectivity index (χ4v) is 2.08. The topological polar surface area (TPSA) is 32.3 Å². The van der Waals surface area contributed by atoms with Gasteiger partial charge in [0.2, 0.25) is 0 Å². The van der Waals surface area contributed by atoms with E-state index >= 15 is 0 Å². The minimum Gasteiger partial charge on any atom is -0.298 e. The van der Waals surface area contributed by atoms with Crippen LogP contribution in [0.5, 0.6) is 0 Å². The zero-order chi connectivity index (χ0) is 11.4. The summed E-state index contributed by atoms with van der Waals surface area (Å²) in [5.74, 6) is 0. The molecule has 16 heavy (non-hydrogen) atoms. The summed E-state index contributed by atoms with van der Waals surface area (Å²) in [7, 11) is 0. The molecular formula is C12H20N4. The van der Waals surface area contributed by atoms with E-state index in [2.05, 4.69) is 33.6 Å². The van der Waals surface area contributed by atoms with Gasteiger partial charge in [0.1, 0.15) is 0 Å². The van der Waals surface area contributed by atoms with Crippen molar-refractivity contribution in [2.45, 2.75) is 26.4 Å². The normalized spacial score (nSPS) is 19.2. The number of aromatic nitrogens is 2. The Morgan fingerprint density at radius 2 is 1.94 bits per heavy atom. The molecule has 0 N–H and O–H groups in total. The predicted molar refractivity (Wildman–Crippen MR) is 64.0 cm³/mol. The maximum absolute atomic E-state index is 4.31. The van der Waals surface area contributed by atoms with Crippen LogP contribution < -0.4 is 0 Å². The van der Waals surface area contributed by atoms with Crippen molar-refractivity contribution in [2.75, 3.05) is 26.2 Å². The summed E-state index contributed by atoms with van der Waals surface area (Å²) in [6, 6.07) is 0.665. The van der Waals surface area contributed by atoms with E-state index in [1.165, 1.54) is 0 Å². The SMILES string of the molecule is CC(C)N1CCN(Cc2cnccn2)CC1. The average molecular weight is 220 g/mol. The molecule has 0 atom stereocenters. The molecule has 0 bridgehead atoms. The predicted octanol–water partition coefficient (Wildman–Crippen LogP) is 1.00. The molecule has 1 aromatic heterocycles. The lowest BCUT2D eigenvalue weighted by atomic mass is 10.2. The molecule has 4 heteroatoms. The second-order valence-corrected chi connectivity index (χ2v) is 4.60. The number of piperazine rings is 1. The zero-order valence-corrected chi connectivity index (χ0v) is 10.1. The van der Waals surface area contributed by atoms with Crippen molar-refractivity contribution in [3.8, 4) is 0 Å². The Kier molecular flexibility index (Phi) is 3.85. The van der Waals surface area contributed by atoms with Gasteiger partial charge >= 0.3 is 0 Å². The van der Waals surface area contributed by atoms with Gasteiger partial charge in [0.15, 0.2) is 0 Å². The van der Waals surface area contributed by atoms with Crippen molar-refractivity contribution in [1.82, 2.24) is 19.8 Å². The summed E-state index contributed by atoms with van der Waals surface area (Å²) in [6.45, 7) is 10.1. The Hall–Kier alpha value is -1.00. The van der Waals surface area contributed by atoms with E-state index in [1.807, 2.05) is 6.20 Å². The Balaban J connectivity index is 1.82. The van der Waals surface area contributed by atoms with Crippen LogP contribution in [0.1, 0.15) is 19.5 Å². The Morgan fingerprint density at radius 1 is 1.19 bits per heavy atom. The first-order valence-corrected chi connectivity index (χ1v) is 5.97. The lowest BCUT2D eigenvalue weighted by Gasteiger charge is -2.36. The maximum atomic E-state index is 4.31. The minimum absolute atomic E-state index is 0.665. The molecule has 0 spiro atoms. The minimum atomic E-state index is 0.665. The highest BCUT2D eigenvalue weighted by Crippen LogP contribution is 2.08. The van der Waals surface area contributed by atoms with E-state index in [4.69, 9.17) is 0 Å². The van der Waals surface area contributed by atoms with Crippen LogP contribution in [0.15, 0.2) is 18.6 Å². The van der Waals surface area contributed by atoms with E-state index in [0.717, 1.165) is 38.4 Å². The van der Waals surface area contributed by atoms with Crippen LogP contribution in [0.3, 0.4) is 0 Å². The second-order valence-electron chi connectivity index (χ2n) is 4.60. The number of hydrogen-bond donors (Lipinski definition) is 0. The van der Waals surface area contributed by atoms with Gasteiger partial charge < -0.3 is 0 Å². The first kappa shape index (κ1) is 11.5. The quantitative estimate of drug-likeness (QED) is 0.761. The fraction of sp³-hybridized carbons (Fsp3) is 0.667. The van der Waals surface area contributed by atoms with Crippen LogP contribution >= 0.6 is 0 Å². The molecule has 2 rings (SSSR count). The largest absolute Gasteiger partial charge is 0.298 e. The molecule has 0 radical (unpaired) electrons. The van der Waals surface area contributed by atoms with Crippen LogP contribution in [0.2, 0.25) is 0 Å². The molecule has 88 valence electrons. The van der Waals surface area contributed by atoms with Crippen molar-refractivity contribution >= 4 is 0 Å². The van der Waals surface area contributed by atoms with Crippen molar-refractivity contribution in [1.29, 1.82) is 0 Å². The first-order chi connectivity index (χ1) is 7.75. The van der Waals surface area contributed by atoms with E-state index in [-0.39, 0.29) is 0 Å². The standard InChI is InChI=1S/C12H20N4/c1-11(2)16-7-5-15(6-8-16)10-12-9-13-3-4-14-12/h3-4,9,11H,5-8,10H2,1-2H3. The van der Waals surface area contributed by atoms with Crippen molar-refractivity contribution in [2.24, 2.45) is 0 Å². The molecule has 0 aromatic carbocycles. The Labute approximate surface area is 97.3 Å². The number of nitrogens with zero attached hydrogens (tertiary/aromatic N) is 4. The molecule has 0 saturated carbocycles. The summed E-state index contributed by atoms with van der Waals surface area (Å²) in [5, 5.41) is 0. The molecular weight excluding hydrogens is 200 g/mol. The zero-order valence-electron chi connectivity index (χ0n) is 10.1. The third-order valence-electron chi connectivity index (χ3n) is 3.14. The van der Waals surface area contributed by atoms with Gasteiger partial charge in [-0.25, -0.2) is 0 Å². The molecule has 0 unspecified atom stereocenters. The van der Waals surface area contributed by atoms with Crippen molar-refractivity contribution in [3.05, 3.63) is 24.3 Å². The van der Waals surface area contributed by atoms with E-state index in [1.54, 1.807) is 12.4 Å². The Morgan fingerprint density at radius 3 is 2.50 bits per heavy atom. The summed E-state index contributed by atoms with van der Waals surface area (Å²) >= 11 is 0. The van der Waals surface area contributed by atoms with Crippen LogP contribution in [-0.4, -0.2) is 52.0 Å². The molecule has 0 amide bonds. The highest BCUT2D eigenvalue weighted by molar-refractivity contribution is 4.95. The molecule has 1 aliphatic heterocycles. The number of hydrogen-bond acceptors (Lipinski definition) is 4. The van der Waals surface area contributed by atoms with Crippen LogP contribution in [0.25, 0.3) is 0 Å². The van der Waals surface area contributed by atoms with E-state index in [0.29, 0.717) is 6.04 Å². The van der Waals surface area contributed by atoms with Gasteiger partial charge in [-0.3, -0.25) is 19.8 Å². The summed E-state index contributed by atoms with van der Waals surface area (Å²) < 4.78 is 0. The number of rotatable bonds is 3. The summed E-state index contributed by atoms with van der Waals surface area (Å²) in [5.41, 5.74) is 1.07. The fourth-order valence-electron chi connectivity index (χ4n) is 2.08. The lowest BCUT2D eigenvalue weighted by Crippen LogP contribution is -2.48. The van der Waals surface area contributed by atoms with E-state index < -0.39 is 0 Å². The molecule has 1 saturated heterocycles. The lowest BCUT2D eigenvalue weighted by molar-refractivity contribution is 0.103.